The van der Waals surface area contributed by atoms with Crippen LogP contribution in [-0.4, -0.2) is 105 Å². The van der Waals surface area contributed by atoms with Gasteiger partial charge in [0.05, 0.1) is 84.5 Å². The highest BCUT2D eigenvalue weighted by Crippen LogP contribution is 2.28. The summed E-state index contributed by atoms with van der Waals surface area (Å²) < 4.78 is 0. The smallest absolute Gasteiger partial charge is 0.140 e. The monoisotopic (exact) mass is 1270 g/mol. The van der Waals surface area contributed by atoms with Gasteiger partial charge in [-0.2, -0.15) is 0 Å². The Kier molecular flexibility index (Phi) is 56.1. The van der Waals surface area contributed by atoms with E-state index in [2.05, 4.69) is 119 Å². The van der Waals surface area contributed by atoms with Crippen molar-refractivity contribution in [3.8, 4) is 0 Å². The van der Waals surface area contributed by atoms with Gasteiger partial charge in [-0.25, -0.2) is 15.0 Å². The number of nitrogens with one attached hydrogen (secondary N) is 7. The summed E-state index contributed by atoms with van der Waals surface area (Å²) in [6, 6.07) is 7.84. The molecule has 0 aromatic carbocycles. The maximum atomic E-state index is 4.42. The second kappa shape index (κ2) is 56.2. The normalized spacial score (nSPS) is 18.6. The molecule has 7 N–H and O–H groups in total. The Morgan fingerprint density at radius 2 is 1.01 bits per heavy atom. The highest BCUT2D eigenvalue weighted by atomic mass is 15.1. The Morgan fingerprint density at radius 1 is 0.451 bits per heavy atom. The van der Waals surface area contributed by atoms with Crippen molar-refractivity contribution in [2.75, 3.05) is 42.1 Å². The molecule has 18 heteroatoms. The number of hydrogen-bond acceptors (Lipinski definition) is 18. The van der Waals surface area contributed by atoms with Crippen LogP contribution < -0.4 is 37.2 Å². The van der Waals surface area contributed by atoms with Crippen molar-refractivity contribution < 1.29 is 0 Å². The lowest BCUT2D eigenvalue weighted by atomic mass is 9.84. The number of anilines is 3. The van der Waals surface area contributed by atoms with Crippen molar-refractivity contribution in [3.63, 3.8) is 0 Å². The third-order valence-corrected chi connectivity index (χ3v) is 13.9. The van der Waals surface area contributed by atoms with Gasteiger partial charge >= 0.3 is 0 Å². The van der Waals surface area contributed by atoms with Crippen LogP contribution in [0.2, 0.25) is 0 Å². The second-order valence-electron chi connectivity index (χ2n) is 20.3. The van der Waals surface area contributed by atoms with Gasteiger partial charge in [0, 0.05) is 71.7 Å². The van der Waals surface area contributed by atoms with Crippen LogP contribution in [0.25, 0.3) is 0 Å². The minimum atomic E-state index is 0. The molecule has 0 bridgehead atoms. The van der Waals surface area contributed by atoms with Crippen LogP contribution in [0.1, 0.15) is 278 Å². The van der Waals surface area contributed by atoms with E-state index in [1.165, 1.54) is 74.6 Å². The van der Waals surface area contributed by atoms with Crippen LogP contribution in [0.15, 0.2) is 70.6 Å². The van der Waals surface area contributed by atoms with E-state index in [0.717, 1.165) is 138 Å². The van der Waals surface area contributed by atoms with Crippen LogP contribution in [0.5, 0.6) is 0 Å². The average molecular weight is 1270 g/mol. The van der Waals surface area contributed by atoms with E-state index in [9.17, 15) is 0 Å². The van der Waals surface area contributed by atoms with Gasteiger partial charge in [-0.15, -0.1) is 0 Å². The topological polar surface area (TPSA) is 222 Å². The number of allylic oxidation sites excluding steroid dienone is 1. The molecular formula is C73H138N18. The molecule has 91 heavy (non-hydrogen) atoms. The minimum absolute atomic E-state index is 0. The van der Waals surface area contributed by atoms with E-state index >= 15 is 0 Å². The van der Waals surface area contributed by atoms with Crippen molar-refractivity contribution in [1.29, 1.82) is 0 Å². The number of hydrogen-bond donors (Lipinski definition) is 7. The lowest BCUT2D eigenvalue weighted by Crippen LogP contribution is -2.45. The van der Waals surface area contributed by atoms with Gasteiger partial charge in [0.1, 0.15) is 17.5 Å². The van der Waals surface area contributed by atoms with Gasteiger partial charge in [-0.1, -0.05) is 137 Å². The number of aryl methyl sites for hydroxylation is 4. The molecule has 4 atom stereocenters. The SMILES string of the molecule is C.CC.CC.CC.CC.CC.CC.CC.CC.CC1=NC(C)C(C)N1.CC1=NCC2=C(CCCC2)N1.CC1=NCC2CCCCC2N1.CC1=NCCCN1.CC1=NCc2c(C)nc(C)nc2N1.CC1=NCc2ccc(C)nc2N1.CC1=NCc2ccnc(C)c2N1. The predicted molar refractivity (Wildman–Crippen MR) is 408 cm³/mol. The van der Waals surface area contributed by atoms with Crippen LogP contribution in [0, 0.1) is 33.6 Å². The Balaban J connectivity index is -0.000000469. The Morgan fingerprint density at radius 3 is 1.57 bits per heavy atom. The van der Waals surface area contributed by atoms with E-state index in [-0.39, 0.29) is 7.43 Å². The molecule has 10 heterocycles. The van der Waals surface area contributed by atoms with Gasteiger partial charge in [-0.3, -0.25) is 39.9 Å². The molecule has 0 saturated heterocycles. The number of aliphatic imine (C=N–C) groups is 7. The molecule has 3 aromatic rings. The van der Waals surface area contributed by atoms with Gasteiger partial charge in [0.25, 0.3) is 0 Å². The quantitative estimate of drug-likeness (QED) is 0.112. The fraction of sp³-hybridized carbons (Fsp3) is 0.685. The molecule has 4 unspecified atom stereocenters. The van der Waals surface area contributed by atoms with Gasteiger partial charge in [0.15, 0.2) is 0 Å². The lowest BCUT2D eigenvalue weighted by molar-refractivity contribution is 0.283. The van der Waals surface area contributed by atoms with E-state index in [0.29, 0.717) is 18.6 Å². The van der Waals surface area contributed by atoms with E-state index in [1.807, 2.05) is 198 Å². The average Bonchev–Trinajstić information content (AvgIpc) is 2.06. The fourth-order valence-electron chi connectivity index (χ4n) is 9.52. The van der Waals surface area contributed by atoms with Gasteiger partial charge in [-0.05, 0) is 159 Å². The van der Waals surface area contributed by atoms with Gasteiger partial charge in [0.2, 0.25) is 0 Å². The Bertz CT molecular complexity index is 2640. The molecule has 0 amide bonds. The minimum Gasteiger partial charge on any atom is -0.374 e. The maximum Gasteiger partial charge on any atom is 0.140 e. The first-order valence-electron chi connectivity index (χ1n) is 34.9. The summed E-state index contributed by atoms with van der Waals surface area (Å²) in [5.41, 5.74) is 10.7. The largest absolute Gasteiger partial charge is 0.374 e. The lowest BCUT2D eigenvalue weighted by Gasteiger charge is -2.35. The van der Waals surface area contributed by atoms with Crippen LogP contribution >= 0.6 is 0 Å². The summed E-state index contributed by atoms with van der Waals surface area (Å²) in [7, 11) is 0. The molecule has 7 aliphatic heterocycles. The number of amidine groups is 7. The maximum absolute atomic E-state index is 4.42. The molecule has 3 aromatic heterocycles. The second-order valence-corrected chi connectivity index (χ2v) is 20.3. The summed E-state index contributed by atoms with van der Waals surface area (Å²) in [4.78, 5) is 47.2. The Labute approximate surface area is 558 Å². The molecule has 18 nitrogen and oxygen atoms in total. The van der Waals surface area contributed by atoms with E-state index < -0.39 is 0 Å². The van der Waals surface area contributed by atoms with Crippen LogP contribution in [0.4, 0.5) is 17.3 Å². The first kappa shape index (κ1) is 90.8. The standard InChI is InChI=1S/C9H12N4.2C9H11N3.C9H16N2.C9H14N2.C6H12N2.C5H10N2.8C2H6.CH4/c1-5-8-4-10-6(2)12-9(8)13-7(3)11-5;1-6-9-8(3-4-10-6)5-11-7(2)12-9;1-6-3-4-8-5-10-7(2)12-9(8)11-6;2*1-7-10-6-8-4-2-3-5-9(8)11-7;1-4-5(2)8-6(3)7-4;1-5-6-3-2-4-7-5;8*1-2;/h4H2,1-3H3,(H,10,11,12,13);3-4H,5H2,1-2H3,(H,11,12);3-4H,5H2,1-2H3,(H,10,11,12);8-9H,2-6H2,1H3,(H,10,11);2-6H2,1H3,(H,10,11);4-5H,1-3H3,(H,7,8);2-4H2,1H3,(H,6,7);8*1-2H3;1H4. The molecule has 12 rings (SSSR count). The molecule has 1 fully saturated rings. The summed E-state index contributed by atoms with van der Waals surface area (Å²) in [5.74, 6) is 10.8. The zero-order valence-electron chi connectivity index (χ0n) is 62.9. The van der Waals surface area contributed by atoms with Crippen molar-refractivity contribution in [3.05, 3.63) is 75.3 Å². The van der Waals surface area contributed by atoms with Crippen LogP contribution in [0.3, 0.4) is 0 Å². The van der Waals surface area contributed by atoms with Crippen molar-refractivity contribution in [2.24, 2.45) is 40.9 Å². The van der Waals surface area contributed by atoms with Crippen LogP contribution in [-0.2, 0) is 19.6 Å². The highest BCUT2D eigenvalue weighted by molar-refractivity contribution is 5.96. The number of nitrogens with zero attached hydrogens (tertiary/aromatic N) is 11. The molecule has 2 aliphatic carbocycles. The van der Waals surface area contributed by atoms with Crippen molar-refractivity contribution in [2.45, 2.75) is 304 Å². The summed E-state index contributed by atoms with van der Waals surface area (Å²) in [5, 5.41) is 22.7. The highest BCUT2D eigenvalue weighted by Gasteiger charge is 2.27. The molecule has 1 saturated carbocycles. The third-order valence-electron chi connectivity index (χ3n) is 13.9. The zero-order valence-corrected chi connectivity index (χ0v) is 62.9. The number of fused-ring (bicyclic) bond motifs is 4. The predicted octanol–water partition coefficient (Wildman–Crippen LogP) is 18.3. The van der Waals surface area contributed by atoms with Crippen molar-refractivity contribution >= 4 is 58.2 Å². The fourth-order valence-corrected chi connectivity index (χ4v) is 9.52. The number of aromatic nitrogens is 4. The number of rotatable bonds is 0. The first-order valence-corrected chi connectivity index (χ1v) is 34.9. The molecular weight excluding hydrogens is 1130 g/mol. The molecule has 520 valence electrons. The third kappa shape index (κ3) is 36.3. The molecule has 0 spiro atoms. The summed E-state index contributed by atoms with van der Waals surface area (Å²) in [6.45, 7) is 64.5. The van der Waals surface area contributed by atoms with E-state index in [1.54, 1.807) is 5.57 Å². The summed E-state index contributed by atoms with van der Waals surface area (Å²) in [6.07, 6.45) is 13.8. The van der Waals surface area contributed by atoms with Crippen molar-refractivity contribution in [1.82, 2.24) is 41.2 Å². The summed E-state index contributed by atoms with van der Waals surface area (Å²) >= 11 is 0. The van der Waals surface area contributed by atoms with Gasteiger partial charge < -0.3 is 37.2 Å². The zero-order chi connectivity index (χ0) is 69.1. The number of pyridine rings is 2. The first-order chi connectivity index (χ1) is 43.5. The molecule has 0 radical (unpaired) electrons. The van der Waals surface area contributed by atoms with E-state index in [4.69, 9.17) is 0 Å². The molecule has 9 aliphatic rings. The Hall–Kier alpha value is -6.59.